The molecule has 172 valence electrons. The Labute approximate surface area is 212 Å². The quantitative estimate of drug-likeness (QED) is 0.297. The Bertz CT molecular complexity index is 1630. The lowest BCUT2D eigenvalue weighted by molar-refractivity contribution is 0.793. The fourth-order valence-corrected chi connectivity index (χ4v) is 6.08. The third kappa shape index (κ3) is 3.51. The third-order valence-electron chi connectivity index (χ3n) is 7.79. The van der Waals surface area contributed by atoms with Crippen molar-refractivity contribution in [2.24, 2.45) is 5.92 Å². The summed E-state index contributed by atoms with van der Waals surface area (Å²) in [4.78, 5) is 4.29. The molecule has 7 rings (SSSR count). The molecule has 0 bridgehead atoms. The maximum atomic E-state index is 4.29. The van der Waals surface area contributed by atoms with Crippen molar-refractivity contribution >= 4 is 22.4 Å². The van der Waals surface area contributed by atoms with Crippen molar-refractivity contribution in [2.75, 3.05) is 0 Å². The smallest absolute Gasteiger partial charge is 0.0346 e. The zero-order valence-corrected chi connectivity index (χ0v) is 20.2. The fraction of sp³-hybridized carbons (Fsp3) is 0.114. The third-order valence-corrected chi connectivity index (χ3v) is 7.79. The molecule has 0 N–H and O–H groups in total. The summed E-state index contributed by atoms with van der Waals surface area (Å²) in [5.74, 6) is 0.469. The summed E-state index contributed by atoms with van der Waals surface area (Å²) in [5, 5.41) is 2.71. The first-order valence-electron chi connectivity index (χ1n) is 12.9. The van der Waals surface area contributed by atoms with Crippen molar-refractivity contribution in [3.63, 3.8) is 0 Å². The van der Waals surface area contributed by atoms with Gasteiger partial charge in [0, 0.05) is 18.3 Å². The lowest BCUT2D eigenvalue weighted by Gasteiger charge is -2.28. The van der Waals surface area contributed by atoms with Crippen molar-refractivity contribution in [1.29, 1.82) is 0 Å². The Kier molecular flexibility index (Phi) is 5.14. The Balaban J connectivity index is 1.43. The van der Waals surface area contributed by atoms with Crippen LogP contribution in [0.25, 0.3) is 44.7 Å². The molecule has 0 saturated carbocycles. The van der Waals surface area contributed by atoms with Gasteiger partial charge in [-0.3, -0.25) is 4.98 Å². The van der Waals surface area contributed by atoms with Crippen molar-refractivity contribution in [3.05, 3.63) is 138 Å². The van der Waals surface area contributed by atoms with Gasteiger partial charge in [-0.2, -0.15) is 0 Å². The zero-order chi connectivity index (χ0) is 23.9. The van der Waals surface area contributed by atoms with Crippen LogP contribution in [-0.2, 0) is 6.42 Å². The van der Waals surface area contributed by atoms with Gasteiger partial charge in [-0.15, -0.1) is 0 Å². The van der Waals surface area contributed by atoms with Crippen LogP contribution in [0.5, 0.6) is 0 Å². The standard InChI is InChI=1S/C35H27N/c1-2-9-27-22-28(20-17-24(27)8-1)35-32-13-5-3-11-30(32)34(31-12-4-6-14-33(31)35)26-18-15-25(16-19-26)29-10-7-21-36-23-29/h1-3,5-11,13-21,23,27H,4,12,22H2. The van der Waals surface area contributed by atoms with E-state index in [0.29, 0.717) is 5.92 Å². The van der Waals surface area contributed by atoms with Crippen LogP contribution in [0.15, 0.2) is 121 Å². The summed E-state index contributed by atoms with van der Waals surface area (Å²) in [7, 11) is 0. The van der Waals surface area contributed by atoms with Gasteiger partial charge in [0.05, 0.1) is 0 Å². The first-order valence-corrected chi connectivity index (χ1v) is 12.9. The maximum absolute atomic E-state index is 4.29. The molecule has 0 amide bonds. The number of hydrogen-bond acceptors (Lipinski definition) is 1. The Morgan fingerprint density at radius 1 is 0.722 bits per heavy atom. The van der Waals surface area contributed by atoms with Crippen molar-refractivity contribution in [2.45, 2.75) is 19.3 Å². The molecule has 36 heavy (non-hydrogen) atoms. The number of rotatable bonds is 3. The lowest BCUT2D eigenvalue weighted by atomic mass is 9.76. The molecule has 1 heteroatoms. The molecule has 1 nitrogen and oxygen atoms in total. The van der Waals surface area contributed by atoms with Crippen molar-refractivity contribution in [3.8, 4) is 22.3 Å². The molecule has 1 atom stereocenters. The van der Waals surface area contributed by atoms with Gasteiger partial charge in [0.15, 0.2) is 0 Å². The highest BCUT2D eigenvalue weighted by Crippen LogP contribution is 2.45. The van der Waals surface area contributed by atoms with Gasteiger partial charge >= 0.3 is 0 Å². The topological polar surface area (TPSA) is 12.9 Å². The molecule has 3 aromatic carbocycles. The molecule has 4 aromatic rings. The number of pyridine rings is 1. The average Bonchev–Trinajstić information content (AvgIpc) is 2.96. The van der Waals surface area contributed by atoms with Crippen molar-refractivity contribution < 1.29 is 0 Å². The van der Waals surface area contributed by atoms with E-state index in [2.05, 4.69) is 108 Å². The van der Waals surface area contributed by atoms with Gasteiger partial charge in [0.25, 0.3) is 0 Å². The SMILES string of the molecule is C1=CC2=CC=C(c3c4c(c(-c5ccc(-c6cccnc6)cc5)c5ccccc35)CCC=C4)CC2C=C1. The zero-order valence-electron chi connectivity index (χ0n) is 20.2. The first-order chi connectivity index (χ1) is 17.9. The van der Waals surface area contributed by atoms with Gasteiger partial charge in [-0.1, -0.05) is 103 Å². The second-order valence-corrected chi connectivity index (χ2v) is 9.86. The van der Waals surface area contributed by atoms with Gasteiger partial charge in [0.1, 0.15) is 0 Å². The molecule has 0 saturated heterocycles. The highest BCUT2D eigenvalue weighted by molar-refractivity contribution is 6.08. The van der Waals surface area contributed by atoms with E-state index in [1.54, 1.807) is 0 Å². The number of fused-ring (bicyclic) bond motifs is 3. The lowest BCUT2D eigenvalue weighted by Crippen LogP contribution is -2.10. The molecule has 0 radical (unpaired) electrons. The van der Waals surface area contributed by atoms with E-state index >= 15 is 0 Å². The molecule has 3 aliphatic rings. The minimum Gasteiger partial charge on any atom is -0.264 e. The number of aromatic nitrogens is 1. The largest absolute Gasteiger partial charge is 0.264 e. The van der Waals surface area contributed by atoms with Crippen LogP contribution in [0.4, 0.5) is 0 Å². The van der Waals surface area contributed by atoms with Crippen LogP contribution < -0.4 is 0 Å². The average molecular weight is 462 g/mol. The summed E-state index contributed by atoms with van der Waals surface area (Å²) in [6.45, 7) is 0. The highest BCUT2D eigenvalue weighted by atomic mass is 14.6. The summed E-state index contributed by atoms with van der Waals surface area (Å²) >= 11 is 0. The Hall–Kier alpha value is -4.23. The summed E-state index contributed by atoms with van der Waals surface area (Å²) in [5.41, 5.74) is 12.2. The molecule has 1 heterocycles. The van der Waals surface area contributed by atoms with Crippen LogP contribution in [-0.4, -0.2) is 4.98 Å². The monoisotopic (exact) mass is 461 g/mol. The van der Waals surface area contributed by atoms with E-state index in [-0.39, 0.29) is 0 Å². The molecule has 0 spiro atoms. The highest BCUT2D eigenvalue weighted by Gasteiger charge is 2.25. The number of nitrogens with zero attached hydrogens (tertiary/aromatic N) is 1. The van der Waals surface area contributed by atoms with Crippen LogP contribution in [0.2, 0.25) is 0 Å². The minimum absolute atomic E-state index is 0.469. The molecular weight excluding hydrogens is 434 g/mol. The van der Waals surface area contributed by atoms with Gasteiger partial charge < -0.3 is 0 Å². The van der Waals surface area contributed by atoms with E-state index in [9.17, 15) is 0 Å². The summed E-state index contributed by atoms with van der Waals surface area (Å²) in [6.07, 6.45) is 25.3. The van der Waals surface area contributed by atoms with E-state index in [1.165, 1.54) is 55.3 Å². The van der Waals surface area contributed by atoms with Crippen LogP contribution in [0.1, 0.15) is 29.5 Å². The normalized spacial score (nSPS) is 17.9. The first kappa shape index (κ1) is 21.1. The number of allylic oxidation sites excluding steroid dienone is 9. The van der Waals surface area contributed by atoms with Gasteiger partial charge in [-0.05, 0) is 86.2 Å². The van der Waals surface area contributed by atoms with E-state index in [4.69, 9.17) is 0 Å². The molecule has 3 aliphatic carbocycles. The molecule has 0 fully saturated rings. The Morgan fingerprint density at radius 2 is 1.56 bits per heavy atom. The summed E-state index contributed by atoms with van der Waals surface area (Å²) < 4.78 is 0. The van der Waals surface area contributed by atoms with E-state index < -0.39 is 0 Å². The van der Waals surface area contributed by atoms with Gasteiger partial charge in [-0.25, -0.2) is 0 Å². The van der Waals surface area contributed by atoms with Gasteiger partial charge in [0.2, 0.25) is 0 Å². The van der Waals surface area contributed by atoms with E-state index in [1.807, 2.05) is 18.5 Å². The maximum Gasteiger partial charge on any atom is 0.0346 e. The second-order valence-electron chi connectivity index (χ2n) is 9.86. The minimum atomic E-state index is 0.469. The van der Waals surface area contributed by atoms with Crippen LogP contribution in [0.3, 0.4) is 0 Å². The van der Waals surface area contributed by atoms with E-state index in [0.717, 1.165) is 24.8 Å². The molecule has 1 unspecified atom stereocenters. The second kappa shape index (κ2) is 8.77. The predicted molar refractivity (Wildman–Crippen MR) is 152 cm³/mol. The van der Waals surface area contributed by atoms with Crippen LogP contribution >= 0.6 is 0 Å². The Morgan fingerprint density at radius 3 is 2.39 bits per heavy atom. The molecule has 1 aromatic heterocycles. The molecule has 0 aliphatic heterocycles. The summed E-state index contributed by atoms with van der Waals surface area (Å²) in [6, 6.07) is 22.2. The fourth-order valence-electron chi connectivity index (χ4n) is 6.08. The predicted octanol–water partition coefficient (Wildman–Crippen LogP) is 8.98. The number of benzene rings is 3. The molecular formula is C35H27N. The van der Waals surface area contributed by atoms with Crippen LogP contribution in [0, 0.1) is 5.92 Å². The van der Waals surface area contributed by atoms with Crippen molar-refractivity contribution in [1.82, 2.24) is 4.98 Å². The number of hydrogen-bond donors (Lipinski definition) is 0.